The van der Waals surface area contributed by atoms with E-state index in [0.29, 0.717) is 5.56 Å². The lowest BCUT2D eigenvalue weighted by Crippen LogP contribution is -1.94. The maximum atomic E-state index is 10.2. The molecule has 8 aromatic carbocycles. The third kappa shape index (κ3) is 3.95. The second-order valence-corrected chi connectivity index (χ2v) is 11.9. The lowest BCUT2D eigenvalue weighted by Gasteiger charge is -2.21. The summed E-state index contributed by atoms with van der Waals surface area (Å²) in [6.07, 6.45) is 0. The summed E-state index contributed by atoms with van der Waals surface area (Å²) < 4.78 is 0. The van der Waals surface area contributed by atoms with Gasteiger partial charge in [-0.15, -0.1) is 0 Å². The minimum absolute atomic E-state index is 0.713. The van der Waals surface area contributed by atoms with Crippen molar-refractivity contribution in [3.8, 4) is 72.8 Å². The molecule has 212 valence electrons. The van der Waals surface area contributed by atoms with Gasteiger partial charge >= 0.3 is 0 Å². The van der Waals surface area contributed by atoms with E-state index in [2.05, 4.69) is 152 Å². The summed E-state index contributed by atoms with van der Waals surface area (Å²) >= 11 is 0. The van der Waals surface area contributed by atoms with Crippen LogP contribution in [-0.4, -0.2) is 0 Å². The molecule has 0 aromatic heterocycles. The summed E-state index contributed by atoms with van der Waals surface area (Å²) in [5.41, 5.74) is 15.1. The molecular weight excluding hydrogens is 555 g/mol. The van der Waals surface area contributed by atoms with Gasteiger partial charge in [-0.1, -0.05) is 158 Å². The number of benzene rings is 8. The van der Waals surface area contributed by atoms with Crippen LogP contribution in [0.25, 0.3) is 88.3 Å². The molecule has 0 saturated heterocycles. The van der Waals surface area contributed by atoms with Crippen LogP contribution in [0.1, 0.15) is 5.56 Å². The fourth-order valence-electron chi connectivity index (χ4n) is 7.43. The topological polar surface area (TPSA) is 23.8 Å². The Morgan fingerprint density at radius 2 is 0.891 bits per heavy atom. The van der Waals surface area contributed by atoms with E-state index in [4.69, 9.17) is 0 Å². The highest BCUT2D eigenvalue weighted by Crippen LogP contribution is 2.57. The van der Waals surface area contributed by atoms with Gasteiger partial charge in [0.2, 0.25) is 0 Å². The lowest BCUT2D eigenvalue weighted by atomic mass is 9.82. The Kier molecular flexibility index (Phi) is 5.95. The highest BCUT2D eigenvalue weighted by Gasteiger charge is 2.30. The molecule has 1 nitrogen and oxygen atoms in total. The Morgan fingerprint density at radius 1 is 0.348 bits per heavy atom. The van der Waals surface area contributed by atoms with Gasteiger partial charge in [-0.05, 0) is 83.4 Å². The summed E-state index contributed by atoms with van der Waals surface area (Å²) in [4.78, 5) is 0. The van der Waals surface area contributed by atoms with Crippen LogP contribution in [0.4, 0.5) is 0 Å². The van der Waals surface area contributed by atoms with Crippen molar-refractivity contribution in [1.82, 2.24) is 0 Å². The molecular formula is C45H27N. The molecule has 0 atom stereocenters. The van der Waals surface area contributed by atoms with Crippen LogP contribution in [0.5, 0.6) is 0 Å². The van der Waals surface area contributed by atoms with Crippen molar-refractivity contribution in [3.63, 3.8) is 0 Å². The fraction of sp³-hybridized carbons (Fsp3) is 0. The van der Waals surface area contributed by atoms with Gasteiger partial charge in [0.15, 0.2) is 0 Å². The molecule has 46 heavy (non-hydrogen) atoms. The Bertz CT molecular complexity index is 2490. The summed E-state index contributed by atoms with van der Waals surface area (Å²) in [6, 6.07) is 60.9. The number of fused-ring (bicyclic) bond motifs is 4. The van der Waals surface area contributed by atoms with E-state index < -0.39 is 0 Å². The van der Waals surface area contributed by atoms with E-state index in [0.717, 1.165) is 27.5 Å². The largest absolute Gasteiger partial charge is 0.192 e. The number of hydrogen-bond donors (Lipinski definition) is 0. The Labute approximate surface area is 268 Å². The van der Waals surface area contributed by atoms with Gasteiger partial charge in [-0.3, -0.25) is 0 Å². The SMILES string of the molecule is N#Cc1c(-c2ccc(-c3cc(-c4ccccc4)c4c(c3-c3ccccc3)-c3cccc5cccc-4c35)cc2)ccc2ccccc12. The molecule has 0 N–H and O–H groups in total. The van der Waals surface area contributed by atoms with E-state index >= 15 is 0 Å². The first-order chi connectivity index (χ1) is 22.8. The highest BCUT2D eigenvalue weighted by atomic mass is 14.3. The van der Waals surface area contributed by atoms with Gasteiger partial charge < -0.3 is 0 Å². The first kappa shape index (κ1) is 26.2. The van der Waals surface area contributed by atoms with E-state index in [9.17, 15) is 5.26 Å². The third-order valence-corrected chi connectivity index (χ3v) is 9.47. The zero-order valence-electron chi connectivity index (χ0n) is 25.0. The van der Waals surface area contributed by atoms with Gasteiger partial charge in [-0.25, -0.2) is 0 Å². The van der Waals surface area contributed by atoms with E-state index in [1.807, 2.05) is 18.2 Å². The molecule has 9 rings (SSSR count). The van der Waals surface area contributed by atoms with Crippen LogP contribution in [-0.2, 0) is 0 Å². The number of hydrogen-bond acceptors (Lipinski definition) is 1. The first-order valence-electron chi connectivity index (χ1n) is 15.7. The minimum atomic E-state index is 0.713. The molecule has 8 aromatic rings. The summed E-state index contributed by atoms with van der Waals surface area (Å²) in [6.45, 7) is 0. The Balaban J connectivity index is 1.33. The van der Waals surface area contributed by atoms with Crippen LogP contribution in [0.15, 0.2) is 164 Å². The van der Waals surface area contributed by atoms with Crippen molar-refractivity contribution in [3.05, 3.63) is 169 Å². The predicted molar refractivity (Wildman–Crippen MR) is 192 cm³/mol. The number of nitrogens with zero attached hydrogens (tertiary/aromatic N) is 1. The molecule has 0 unspecified atom stereocenters. The van der Waals surface area contributed by atoms with Gasteiger partial charge in [0.05, 0.1) is 5.56 Å². The van der Waals surface area contributed by atoms with Crippen molar-refractivity contribution in [1.29, 1.82) is 5.26 Å². The lowest BCUT2D eigenvalue weighted by molar-refractivity contribution is 1.49. The molecule has 1 heteroatoms. The minimum Gasteiger partial charge on any atom is -0.192 e. The van der Waals surface area contributed by atoms with Gasteiger partial charge in [-0.2, -0.15) is 5.26 Å². The van der Waals surface area contributed by atoms with Crippen LogP contribution < -0.4 is 0 Å². The molecule has 0 aliphatic heterocycles. The van der Waals surface area contributed by atoms with E-state index in [1.54, 1.807) is 0 Å². The van der Waals surface area contributed by atoms with Crippen LogP contribution in [0, 0.1) is 11.3 Å². The highest BCUT2D eigenvalue weighted by molar-refractivity contribution is 6.22. The van der Waals surface area contributed by atoms with Gasteiger partial charge in [0, 0.05) is 10.9 Å². The van der Waals surface area contributed by atoms with E-state index in [1.165, 1.54) is 60.8 Å². The van der Waals surface area contributed by atoms with Gasteiger partial charge in [0.1, 0.15) is 6.07 Å². The molecule has 0 bridgehead atoms. The molecule has 0 amide bonds. The normalized spacial score (nSPS) is 11.5. The van der Waals surface area contributed by atoms with Crippen LogP contribution in [0.2, 0.25) is 0 Å². The van der Waals surface area contributed by atoms with Crippen molar-refractivity contribution in [2.75, 3.05) is 0 Å². The van der Waals surface area contributed by atoms with Crippen molar-refractivity contribution in [2.45, 2.75) is 0 Å². The van der Waals surface area contributed by atoms with Crippen LogP contribution >= 0.6 is 0 Å². The standard InChI is InChI=1S/C45H27N/c46-28-41-35-18-8-7-13-30(35)25-26-36(41)31-21-23-32(24-22-31)39-27-40(29-11-3-1-4-12-29)44-37-19-9-16-33-17-10-20-38(42(33)37)45(44)43(39)34-14-5-2-6-15-34/h1-27H. The van der Waals surface area contributed by atoms with Crippen molar-refractivity contribution >= 4 is 21.5 Å². The Hall–Kier alpha value is -6.23. The zero-order valence-corrected chi connectivity index (χ0v) is 25.0. The average molecular weight is 582 g/mol. The molecule has 0 radical (unpaired) electrons. The summed E-state index contributed by atoms with van der Waals surface area (Å²) in [7, 11) is 0. The molecule has 0 saturated carbocycles. The van der Waals surface area contributed by atoms with Crippen molar-refractivity contribution in [2.24, 2.45) is 0 Å². The quantitative estimate of drug-likeness (QED) is 0.203. The zero-order chi connectivity index (χ0) is 30.6. The van der Waals surface area contributed by atoms with Crippen molar-refractivity contribution < 1.29 is 0 Å². The Morgan fingerprint density at radius 3 is 1.59 bits per heavy atom. The van der Waals surface area contributed by atoms with E-state index in [-0.39, 0.29) is 0 Å². The number of nitriles is 1. The third-order valence-electron chi connectivity index (χ3n) is 9.47. The fourth-order valence-corrected chi connectivity index (χ4v) is 7.43. The second kappa shape index (κ2) is 10.4. The average Bonchev–Trinajstić information content (AvgIpc) is 3.47. The maximum Gasteiger partial charge on any atom is 0.100 e. The molecule has 0 fully saturated rings. The molecule has 1 aliphatic carbocycles. The molecule has 0 spiro atoms. The van der Waals surface area contributed by atoms with Gasteiger partial charge in [0.25, 0.3) is 0 Å². The first-order valence-corrected chi connectivity index (χ1v) is 15.7. The second-order valence-electron chi connectivity index (χ2n) is 11.9. The monoisotopic (exact) mass is 581 g/mol. The molecule has 1 aliphatic rings. The van der Waals surface area contributed by atoms with Crippen LogP contribution in [0.3, 0.4) is 0 Å². The predicted octanol–water partition coefficient (Wildman–Crippen LogP) is 12.2. The molecule has 0 heterocycles. The smallest absolute Gasteiger partial charge is 0.100 e. The summed E-state index contributed by atoms with van der Waals surface area (Å²) in [5, 5.41) is 14.8. The summed E-state index contributed by atoms with van der Waals surface area (Å²) in [5.74, 6) is 0. The number of rotatable bonds is 4. The maximum absolute atomic E-state index is 10.2.